The van der Waals surface area contributed by atoms with E-state index >= 15 is 0 Å². The minimum absolute atomic E-state index is 0.0100. The molecule has 0 aliphatic carbocycles. The largest absolute Gasteiger partial charge is 0.481 e. The van der Waals surface area contributed by atoms with Crippen molar-refractivity contribution in [3.05, 3.63) is 0 Å². The number of aromatic nitrogens is 4. The summed E-state index contributed by atoms with van der Waals surface area (Å²) < 4.78 is 0. The number of tetrazole rings is 1. The van der Waals surface area contributed by atoms with Crippen LogP contribution in [0, 0.1) is 5.92 Å². The van der Waals surface area contributed by atoms with Gasteiger partial charge in [0.2, 0.25) is 5.91 Å². The quantitative estimate of drug-likeness (QED) is 0.605. The molecule has 2 rings (SSSR count). The van der Waals surface area contributed by atoms with Gasteiger partial charge >= 0.3 is 5.97 Å². The maximum absolute atomic E-state index is 11.3. The normalized spacial score (nSPS) is 21.6. The number of carbonyl (C=O) groups excluding carboxylic acids is 1. The lowest BCUT2D eigenvalue weighted by atomic mass is 10.1. The zero-order chi connectivity index (χ0) is 10.1. The lowest BCUT2D eigenvalue weighted by Crippen LogP contribution is -2.26. The van der Waals surface area contributed by atoms with Crippen LogP contribution in [0.2, 0.25) is 0 Å². The predicted molar refractivity (Wildman–Crippen MR) is 42.3 cm³/mol. The lowest BCUT2D eigenvalue weighted by molar-refractivity contribution is -0.141. The first-order valence-electron chi connectivity index (χ1n) is 3.95. The highest BCUT2D eigenvalue weighted by molar-refractivity contribution is 5.97. The van der Waals surface area contributed by atoms with Crippen LogP contribution in [0.4, 0.5) is 5.95 Å². The van der Waals surface area contributed by atoms with Gasteiger partial charge in [-0.25, -0.2) is 0 Å². The summed E-state index contributed by atoms with van der Waals surface area (Å²) in [4.78, 5) is 23.2. The van der Waals surface area contributed by atoms with E-state index in [0.29, 0.717) is 0 Å². The van der Waals surface area contributed by atoms with Crippen molar-refractivity contribution >= 4 is 17.8 Å². The second kappa shape index (κ2) is 3.05. The van der Waals surface area contributed by atoms with Crippen molar-refractivity contribution < 1.29 is 14.7 Å². The van der Waals surface area contributed by atoms with Crippen LogP contribution in [0.3, 0.4) is 0 Å². The van der Waals surface area contributed by atoms with Gasteiger partial charge in [-0.05, 0) is 5.21 Å². The van der Waals surface area contributed by atoms with E-state index in [4.69, 9.17) is 5.11 Å². The van der Waals surface area contributed by atoms with Crippen molar-refractivity contribution in [3.63, 3.8) is 0 Å². The molecule has 8 nitrogen and oxygen atoms in total. The van der Waals surface area contributed by atoms with Crippen molar-refractivity contribution in [1.29, 1.82) is 0 Å². The highest BCUT2D eigenvalue weighted by Gasteiger charge is 2.36. The molecule has 1 atom stereocenters. The van der Waals surface area contributed by atoms with E-state index in [9.17, 15) is 9.59 Å². The highest BCUT2D eigenvalue weighted by Crippen LogP contribution is 2.20. The number of hydrogen-bond acceptors (Lipinski definition) is 5. The number of carbonyl (C=O) groups is 2. The molecule has 1 aliphatic heterocycles. The minimum atomic E-state index is -0.982. The molecule has 1 aromatic heterocycles. The average Bonchev–Trinajstić information content (AvgIpc) is 2.71. The third-order valence-electron chi connectivity index (χ3n) is 2.05. The summed E-state index contributed by atoms with van der Waals surface area (Å²) in [5.41, 5.74) is 0. The first kappa shape index (κ1) is 8.60. The molecule has 1 saturated heterocycles. The molecule has 0 bridgehead atoms. The number of anilines is 1. The number of rotatable bonds is 2. The monoisotopic (exact) mass is 197 g/mol. The molecule has 8 heteroatoms. The Morgan fingerprint density at radius 2 is 2.43 bits per heavy atom. The fourth-order valence-electron chi connectivity index (χ4n) is 1.34. The number of aliphatic carboxylic acids is 1. The van der Waals surface area contributed by atoms with Gasteiger partial charge in [0.15, 0.2) is 0 Å². The topological polar surface area (TPSA) is 112 Å². The Morgan fingerprint density at radius 3 is 2.93 bits per heavy atom. The molecule has 1 aromatic rings. The zero-order valence-electron chi connectivity index (χ0n) is 7.04. The third-order valence-corrected chi connectivity index (χ3v) is 2.05. The minimum Gasteiger partial charge on any atom is -0.481 e. The summed E-state index contributed by atoms with van der Waals surface area (Å²) in [7, 11) is 0. The van der Waals surface area contributed by atoms with Gasteiger partial charge in [-0.1, -0.05) is 5.10 Å². The Morgan fingerprint density at radius 1 is 1.64 bits per heavy atom. The average molecular weight is 197 g/mol. The number of H-pyrrole nitrogens is 1. The summed E-state index contributed by atoms with van der Waals surface area (Å²) in [5, 5.41) is 21.4. The highest BCUT2D eigenvalue weighted by atomic mass is 16.4. The van der Waals surface area contributed by atoms with Crippen LogP contribution < -0.4 is 4.90 Å². The number of hydrogen-bond donors (Lipinski definition) is 2. The van der Waals surface area contributed by atoms with Gasteiger partial charge in [0, 0.05) is 13.0 Å². The van der Waals surface area contributed by atoms with E-state index < -0.39 is 11.9 Å². The maximum atomic E-state index is 11.3. The number of amides is 1. The molecule has 14 heavy (non-hydrogen) atoms. The van der Waals surface area contributed by atoms with Gasteiger partial charge in [-0.15, -0.1) is 5.10 Å². The second-order valence-electron chi connectivity index (χ2n) is 2.96. The van der Waals surface area contributed by atoms with Crippen LogP contribution >= 0.6 is 0 Å². The molecule has 0 aromatic carbocycles. The van der Waals surface area contributed by atoms with Crippen LogP contribution in [-0.4, -0.2) is 44.2 Å². The molecule has 74 valence electrons. The number of aromatic amines is 1. The number of nitrogens with zero attached hydrogens (tertiary/aromatic N) is 4. The first-order valence-corrected chi connectivity index (χ1v) is 3.95. The number of carboxylic acids is 1. The van der Waals surface area contributed by atoms with Crippen LogP contribution in [-0.2, 0) is 9.59 Å². The van der Waals surface area contributed by atoms with E-state index in [1.165, 1.54) is 4.90 Å². The van der Waals surface area contributed by atoms with Gasteiger partial charge < -0.3 is 5.11 Å². The molecule has 0 spiro atoms. The molecule has 0 radical (unpaired) electrons. The summed E-state index contributed by atoms with van der Waals surface area (Å²) >= 11 is 0. The van der Waals surface area contributed by atoms with Crippen molar-refractivity contribution in [2.75, 3.05) is 11.4 Å². The van der Waals surface area contributed by atoms with Crippen molar-refractivity contribution in [3.8, 4) is 0 Å². The van der Waals surface area contributed by atoms with E-state index in [-0.39, 0.29) is 24.8 Å². The van der Waals surface area contributed by atoms with Gasteiger partial charge in [0.25, 0.3) is 5.95 Å². The Kier molecular flexibility index (Phi) is 1.88. The van der Waals surface area contributed by atoms with Crippen molar-refractivity contribution in [2.24, 2.45) is 5.92 Å². The number of nitrogens with one attached hydrogen (secondary N) is 1. The molecule has 0 saturated carbocycles. The molecule has 1 aliphatic rings. The van der Waals surface area contributed by atoms with Gasteiger partial charge in [0.1, 0.15) is 0 Å². The summed E-state index contributed by atoms with van der Waals surface area (Å²) in [6.45, 7) is 0.105. The Bertz CT molecular complexity index is 362. The van der Waals surface area contributed by atoms with Crippen LogP contribution in [0.15, 0.2) is 0 Å². The summed E-state index contributed by atoms with van der Waals surface area (Å²) in [6.07, 6.45) is -0.0100. The molecule has 1 amide bonds. The van der Waals surface area contributed by atoms with Crippen molar-refractivity contribution in [2.45, 2.75) is 6.42 Å². The zero-order valence-corrected chi connectivity index (χ0v) is 7.04. The molecule has 1 unspecified atom stereocenters. The Hall–Kier alpha value is -1.99. The smallest absolute Gasteiger partial charge is 0.308 e. The first-order chi connectivity index (χ1) is 6.68. The van der Waals surface area contributed by atoms with Gasteiger partial charge in [-0.3, -0.25) is 14.5 Å². The fourth-order valence-corrected chi connectivity index (χ4v) is 1.34. The van der Waals surface area contributed by atoms with E-state index in [1.54, 1.807) is 0 Å². The van der Waals surface area contributed by atoms with Crippen LogP contribution in [0.25, 0.3) is 0 Å². The molecule has 2 N–H and O–H groups in total. The van der Waals surface area contributed by atoms with E-state index in [0.717, 1.165) is 0 Å². The number of carboxylic acid groups (broad SMARTS) is 1. The van der Waals surface area contributed by atoms with Crippen molar-refractivity contribution in [1.82, 2.24) is 20.6 Å². The molecule has 1 fully saturated rings. The predicted octanol–water partition coefficient (Wildman–Crippen LogP) is -1.36. The lowest BCUT2D eigenvalue weighted by Gasteiger charge is -2.08. The Balaban J connectivity index is 2.16. The summed E-state index contributed by atoms with van der Waals surface area (Å²) in [6, 6.07) is 0. The van der Waals surface area contributed by atoms with Gasteiger partial charge in [-0.2, -0.15) is 5.21 Å². The molecular formula is C6H7N5O3. The second-order valence-corrected chi connectivity index (χ2v) is 2.96. The molecule has 2 heterocycles. The van der Waals surface area contributed by atoms with Gasteiger partial charge in [0.05, 0.1) is 5.92 Å². The Labute approximate surface area is 77.9 Å². The molecular weight excluding hydrogens is 190 g/mol. The van der Waals surface area contributed by atoms with Crippen LogP contribution in [0.1, 0.15) is 6.42 Å². The summed E-state index contributed by atoms with van der Waals surface area (Å²) in [5.74, 6) is -1.83. The maximum Gasteiger partial charge on any atom is 0.308 e. The van der Waals surface area contributed by atoms with Crippen LogP contribution in [0.5, 0.6) is 0 Å². The standard InChI is InChI=1S/C6H7N5O3/c12-4-1-3(5(13)14)2-11(4)6-7-9-10-8-6/h3H,1-2H2,(H,13,14)(H,7,8,9,10). The van der Waals surface area contributed by atoms with E-state index in [2.05, 4.69) is 20.6 Å². The third kappa shape index (κ3) is 1.30. The SMILES string of the molecule is O=C(O)C1CC(=O)N(c2nn[nH]n2)C1. The fraction of sp³-hybridized carbons (Fsp3) is 0.500. The van der Waals surface area contributed by atoms with E-state index in [1.807, 2.05) is 0 Å².